The molecule has 5 nitrogen and oxygen atoms in total. The fraction of sp³-hybridized carbons (Fsp3) is 0.737. The van der Waals surface area contributed by atoms with Crippen molar-refractivity contribution in [3.05, 3.63) is 22.4 Å². The number of thiophene rings is 1. The molecule has 0 atom stereocenters. The smallest absolute Gasteiger partial charge is 0.191 e. The highest BCUT2D eigenvalue weighted by atomic mass is 127. The average molecular weight is 494 g/mol. The van der Waals surface area contributed by atoms with Crippen molar-refractivity contribution in [1.82, 2.24) is 15.5 Å². The summed E-state index contributed by atoms with van der Waals surface area (Å²) in [5.41, 5.74) is 0.0762. The molecule has 2 N–H and O–H groups in total. The highest BCUT2D eigenvalue weighted by molar-refractivity contribution is 14.0. The second kappa shape index (κ2) is 12.9. The van der Waals surface area contributed by atoms with Gasteiger partial charge in [0.1, 0.15) is 0 Å². The lowest BCUT2D eigenvalue weighted by atomic mass is 9.92. The number of aliphatic imine (C=N–C) groups is 1. The fourth-order valence-corrected chi connectivity index (χ4v) is 3.70. The second-order valence-electron chi connectivity index (χ2n) is 7.14. The van der Waals surface area contributed by atoms with Crippen LogP contribution in [0, 0.1) is 0 Å². The van der Waals surface area contributed by atoms with Crippen LogP contribution in [0.2, 0.25) is 0 Å². The summed E-state index contributed by atoms with van der Waals surface area (Å²) in [6.07, 6.45) is 2.38. The summed E-state index contributed by atoms with van der Waals surface area (Å²) >= 11 is 1.81. The van der Waals surface area contributed by atoms with Crippen molar-refractivity contribution >= 4 is 41.3 Å². The maximum absolute atomic E-state index is 5.39. The minimum Gasteiger partial charge on any atom is -0.379 e. The number of halogens is 1. The van der Waals surface area contributed by atoms with E-state index in [1.165, 1.54) is 17.8 Å². The van der Waals surface area contributed by atoms with E-state index >= 15 is 0 Å². The highest BCUT2D eigenvalue weighted by Gasteiger charge is 2.21. The Morgan fingerprint density at radius 2 is 2.04 bits per heavy atom. The summed E-state index contributed by atoms with van der Waals surface area (Å²) in [6.45, 7) is 14.4. The monoisotopic (exact) mass is 494 g/mol. The van der Waals surface area contributed by atoms with E-state index in [1.807, 2.05) is 11.3 Å². The third kappa shape index (κ3) is 8.54. The van der Waals surface area contributed by atoms with Crippen LogP contribution in [0.5, 0.6) is 0 Å². The van der Waals surface area contributed by atoms with Crippen LogP contribution in [0.1, 0.15) is 38.5 Å². The van der Waals surface area contributed by atoms with E-state index in [0.29, 0.717) is 0 Å². The molecule has 26 heavy (non-hydrogen) atoms. The molecule has 2 heterocycles. The van der Waals surface area contributed by atoms with Gasteiger partial charge in [0.2, 0.25) is 0 Å². The third-order valence-electron chi connectivity index (χ3n) is 4.46. The topological polar surface area (TPSA) is 48.9 Å². The largest absolute Gasteiger partial charge is 0.379 e. The van der Waals surface area contributed by atoms with Crippen molar-refractivity contribution in [2.24, 2.45) is 4.99 Å². The van der Waals surface area contributed by atoms with E-state index in [4.69, 9.17) is 9.73 Å². The van der Waals surface area contributed by atoms with E-state index in [-0.39, 0.29) is 29.4 Å². The molecule has 7 heteroatoms. The first kappa shape index (κ1) is 23.7. The van der Waals surface area contributed by atoms with E-state index in [0.717, 1.165) is 58.3 Å². The van der Waals surface area contributed by atoms with Crippen molar-refractivity contribution in [2.75, 3.05) is 52.5 Å². The molecule has 1 saturated heterocycles. The van der Waals surface area contributed by atoms with Crippen LogP contribution >= 0.6 is 35.3 Å². The summed E-state index contributed by atoms with van der Waals surface area (Å²) in [6, 6.07) is 4.32. The van der Waals surface area contributed by atoms with Crippen LogP contribution in [0.4, 0.5) is 0 Å². The zero-order chi connectivity index (χ0) is 18.0. The lowest BCUT2D eigenvalue weighted by Crippen LogP contribution is -2.39. The van der Waals surface area contributed by atoms with Gasteiger partial charge in [-0.05, 0) is 37.8 Å². The van der Waals surface area contributed by atoms with Gasteiger partial charge >= 0.3 is 0 Å². The number of ether oxygens (including phenoxy) is 1. The van der Waals surface area contributed by atoms with E-state index < -0.39 is 0 Å². The van der Waals surface area contributed by atoms with E-state index in [2.05, 4.69) is 53.8 Å². The lowest BCUT2D eigenvalue weighted by molar-refractivity contribution is 0.0372. The van der Waals surface area contributed by atoms with Gasteiger partial charge in [-0.25, -0.2) is 0 Å². The van der Waals surface area contributed by atoms with Crippen LogP contribution in [0.3, 0.4) is 0 Å². The number of guanidine groups is 1. The SMILES string of the molecule is CCNC(=NCC(C)(C)c1cccs1)NCCCCN1CCOCC1.I. The first-order valence-corrected chi connectivity index (χ1v) is 10.4. The molecule has 0 radical (unpaired) electrons. The van der Waals surface area contributed by atoms with Crippen LogP contribution in [0.25, 0.3) is 0 Å². The molecule has 0 aliphatic carbocycles. The quantitative estimate of drug-likeness (QED) is 0.240. The molecule has 1 aromatic heterocycles. The standard InChI is InChI=1S/C19H34N4OS.HI/c1-4-20-18(22-16-19(2,3)17-8-7-15-25-17)21-9-5-6-10-23-11-13-24-14-12-23;/h7-8,15H,4-6,9-14,16H2,1-3H3,(H2,20,21,22);1H. The van der Waals surface area contributed by atoms with Crippen molar-refractivity contribution in [3.8, 4) is 0 Å². The molecular weight excluding hydrogens is 459 g/mol. The number of morpholine rings is 1. The molecule has 0 amide bonds. The van der Waals surface area contributed by atoms with Gasteiger partial charge < -0.3 is 15.4 Å². The van der Waals surface area contributed by atoms with Crippen molar-refractivity contribution in [3.63, 3.8) is 0 Å². The van der Waals surface area contributed by atoms with E-state index in [1.54, 1.807) is 0 Å². The molecule has 0 saturated carbocycles. The first-order chi connectivity index (χ1) is 12.1. The number of rotatable bonds is 9. The number of nitrogens with one attached hydrogen (secondary N) is 2. The first-order valence-electron chi connectivity index (χ1n) is 9.48. The fourth-order valence-electron chi connectivity index (χ4n) is 2.85. The Hall–Kier alpha value is -0.380. The normalized spacial score (nSPS) is 16.2. The molecule has 1 aromatic rings. The number of nitrogens with zero attached hydrogens (tertiary/aromatic N) is 2. The summed E-state index contributed by atoms with van der Waals surface area (Å²) < 4.78 is 5.39. The van der Waals surface area contributed by atoms with Gasteiger partial charge in [-0.3, -0.25) is 9.89 Å². The van der Waals surface area contributed by atoms with Gasteiger partial charge in [-0.15, -0.1) is 35.3 Å². The Labute approximate surface area is 180 Å². The number of hydrogen-bond donors (Lipinski definition) is 2. The predicted molar refractivity (Wildman–Crippen MR) is 123 cm³/mol. The molecule has 0 spiro atoms. The third-order valence-corrected chi connectivity index (χ3v) is 5.70. The predicted octanol–water partition coefficient (Wildman–Crippen LogP) is 3.31. The van der Waals surface area contributed by atoms with Gasteiger partial charge in [-0.1, -0.05) is 19.9 Å². The van der Waals surface area contributed by atoms with Gasteiger partial charge in [0.05, 0.1) is 19.8 Å². The Bertz CT molecular complexity index is 502. The molecule has 1 aliphatic rings. The van der Waals surface area contributed by atoms with Crippen molar-refractivity contribution in [1.29, 1.82) is 0 Å². The minimum absolute atomic E-state index is 0. The van der Waals surface area contributed by atoms with Gasteiger partial charge in [0.15, 0.2) is 5.96 Å². The van der Waals surface area contributed by atoms with Crippen LogP contribution < -0.4 is 10.6 Å². The Balaban J connectivity index is 0.00000338. The van der Waals surface area contributed by atoms with Crippen molar-refractivity contribution < 1.29 is 4.74 Å². The molecular formula is C19H35IN4OS. The van der Waals surface area contributed by atoms with Crippen LogP contribution in [-0.4, -0.2) is 63.3 Å². The number of unbranched alkanes of at least 4 members (excludes halogenated alkanes) is 1. The van der Waals surface area contributed by atoms with Crippen LogP contribution in [-0.2, 0) is 10.2 Å². The molecule has 0 unspecified atom stereocenters. The summed E-state index contributed by atoms with van der Waals surface area (Å²) in [5.74, 6) is 0.929. The lowest BCUT2D eigenvalue weighted by Gasteiger charge is -2.26. The average Bonchev–Trinajstić information content (AvgIpc) is 3.16. The summed E-state index contributed by atoms with van der Waals surface area (Å²) in [4.78, 5) is 8.68. The highest BCUT2D eigenvalue weighted by Crippen LogP contribution is 2.27. The van der Waals surface area contributed by atoms with Crippen molar-refractivity contribution in [2.45, 2.75) is 39.0 Å². The van der Waals surface area contributed by atoms with Gasteiger partial charge in [-0.2, -0.15) is 0 Å². The maximum Gasteiger partial charge on any atom is 0.191 e. The van der Waals surface area contributed by atoms with Gasteiger partial charge in [0.25, 0.3) is 0 Å². The molecule has 0 bridgehead atoms. The second-order valence-corrected chi connectivity index (χ2v) is 8.09. The molecule has 0 aromatic carbocycles. The Kier molecular flexibility index (Phi) is 11.7. The van der Waals surface area contributed by atoms with Crippen LogP contribution in [0.15, 0.2) is 22.5 Å². The summed E-state index contributed by atoms with van der Waals surface area (Å²) in [7, 11) is 0. The molecule has 1 aliphatic heterocycles. The number of hydrogen-bond acceptors (Lipinski definition) is 4. The molecule has 2 rings (SSSR count). The Morgan fingerprint density at radius 3 is 2.69 bits per heavy atom. The Morgan fingerprint density at radius 1 is 1.27 bits per heavy atom. The van der Waals surface area contributed by atoms with Gasteiger partial charge in [0, 0.05) is 36.5 Å². The zero-order valence-corrected chi connectivity index (χ0v) is 19.6. The zero-order valence-electron chi connectivity index (χ0n) is 16.4. The van der Waals surface area contributed by atoms with E-state index in [9.17, 15) is 0 Å². The maximum atomic E-state index is 5.39. The molecule has 150 valence electrons. The summed E-state index contributed by atoms with van der Waals surface area (Å²) in [5, 5.41) is 8.97. The molecule has 1 fully saturated rings. The minimum atomic E-state index is 0.